The molecular formula is C12H19N5OS. The van der Waals surface area contributed by atoms with E-state index in [1.54, 1.807) is 17.5 Å². The first kappa shape index (κ1) is 14.0. The molecular weight excluding hydrogens is 262 g/mol. The van der Waals surface area contributed by atoms with Crippen LogP contribution >= 0.6 is 11.3 Å². The lowest BCUT2D eigenvalue weighted by Crippen LogP contribution is -2.13. The van der Waals surface area contributed by atoms with E-state index in [-0.39, 0.29) is 6.04 Å². The maximum atomic E-state index is 5.54. The molecule has 7 heteroatoms. The summed E-state index contributed by atoms with van der Waals surface area (Å²) in [5, 5.41) is 17.4. The van der Waals surface area contributed by atoms with Gasteiger partial charge >= 0.3 is 6.01 Å². The van der Waals surface area contributed by atoms with Crippen molar-refractivity contribution in [3.63, 3.8) is 0 Å². The van der Waals surface area contributed by atoms with Crippen LogP contribution in [0.5, 0.6) is 0 Å². The molecule has 0 bridgehead atoms. The summed E-state index contributed by atoms with van der Waals surface area (Å²) < 4.78 is 5.54. The van der Waals surface area contributed by atoms with Crippen molar-refractivity contribution < 1.29 is 4.42 Å². The van der Waals surface area contributed by atoms with Gasteiger partial charge in [-0.2, -0.15) is 0 Å². The molecule has 0 aliphatic rings. The summed E-state index contributed by atoms with van der Waals surface area (Å²) in [5.41, 5.74) is 0. The van der Waals surface area contributed by atoms with Gasteiger partial charge in [-0.15, -0.1) is 16.4 Å². The van der Waals surface area contributed by atoms with Gasteiger partial charge in [0.05, 0.1) is 12.6 Å². The van der Waals surface area contributed by atoms with E-state index in [0.29, 0.717) is 18.5 Å². The Morgan fingerprint density at radius 2 is 2.26 bits per heavy atom. The molecule has 2 aromatic heterocycles. The lowest BCUT2D eigenvalue weighted by molar-refractivity contribution is 0.472. The van der Waals surface area contributed by atoms with Crippen LogP contribution in [-0.4, -0.2) is 21.7 Å². The van der Waals surface area contributed by atoms with Crippen LogP contribution in [0.4, 0.5) is 6.01 Å². The molecule has 0 spiro atoms. The molecule has 0 saturated heterocycles. The zero-order valence-electron chi connectivity index (χ0n) is 11.2. The first-order valence-electron chi connectivity index (χ1n) is 6.52. The summed E-state index contributed by atoms with van der Waals surface area (Å²) >= 11 is 1.62. The molecule has 2 N–H and O–H groups in total. The minimum absolute atomic E-state index is 0.122. The number of anilines is 1. The number of hydrogen-bond acceptors (Lipinski definition) is 7. The first-order chi connectivity index (χ1) is 9.33. The van der Waals surface area contributed by atoms with Gasteiger partial charge in [0.1, 0.15) is 5.01 Å². The van der Waals surface area contributed by atoms with Crippen molar-refractivity contribution in [3.8, 4) is 0 Å². The average Bonchev–Trinajstić information content (AvgIpc) is 3.07. The fourth-order valence-electron chi connectivity index (χ4n) is 1.65. The maximum Gasteiger partial charge on any atom is 0.316 e. The zero-order valence-corrected chi connectivity index (χ0v) is 12.0. The molecule has 2 rings (SSSR count). The number of aromatic nitrogens is 3. The summed E-state index contributed by atoms with van der Waals surface area (Å²) in [5.74, 6) is 0.602. The third-order valence-corrected chi connectivity index (χ3v) is 3.51. The molecule has 1 unspecified atom stereocenters. The molecule has 0 aromatic carbocycles. The van der Waals surface area contributed by atoms with Crippen molar-refractivity contribution in [3.05, 3.63) is 22.5 Å². The molecule has 0 fully saturated rings. The highest BCUT2D eigenvalue weighted by Gasteiger charge is 2.15. The van der Waals surface area contributed by atoms with Gasteiger partial charge < -0.3 is 15.1 Å². The van der Waals surface area contributed by atoms with Crippen LogP contribution in [0.15, 0.2) is 16.0 Å². The van der Waals surface area contributed by atoms with Crippen LogP contribution in [0.3, 0.4) is 0 Å². The van der Waals surface area contributed by atoms with E-state index in [0.717, 1.165) is 24.4 Å². The van der Waals surface area contributed by atoms with E-state index < -0.39 is 0 Å². The van der Waals surface area contributed by atoms with Crippen LogP contribution in [0.25, 0.3) is 0 Å². The van der Waals surface area contributed by atoms with E-state index in [2.05, 4.69) is 39.7 Å². The van der Waals surface area contributed by atoms with Crippen molar-refractivity contribution in [1.29, 1.82) is 0 Å². The Labute approximate surface area is 116 Å². The molecule has 1 atom stereocenters. The maximum absolute atomic E-state index is 5.54. The number of hydrogen-bond donors (Lipinski definition) is 2. The van der Waals surface area contributed by atoms with Crippen LogP contribution < -0.4 is 10.6 Å². The van der Waals surface area contributed by atoms with Gasteiger partial charge in [-0.3, -0.25) is 0 Å². The lowest BCUT2D eigenvalue weighted by atomic mass is 10.2. The molecule has 104 valence electrons. The van der Waals surface area contributed by atoms with Gasteiger partial charge in [0.25, 0.3) is 0 Å². The van der Waals surface area contributed by atoms with Gasteiger partial charge in [0, 0.05) is 11.6 Å². The molecule has 19 heavy (non-hydrogen) atoms. The fourth-order valence-corrected chi connectivity index (χ4v) is 2.42. The fraction of sp³-hybridized carbons (Fsp3) is 0.583. The number of rotatable bonds is 8. The second-order valence-corrected chi connectivity index (χ2v) is 5.08. The first-order valence-corrected chi connectivity index (χ1v) is 7.40. The van der Waals surface area contributed by atoms with Gasteiger partial charge in [-0.25, -0.2) is 4.98 Å². The Morgan fingerprint density at radius 3 is 2.95 bits per heavy atom. The monoisotopic (exact) mass is 281 g/mol. The van der Waals surface area contributed by atoms with Gasteiger partial charge in [-0.05, 0) is 19.4 Å². The van der Waals surface area contributed by atoms with Crippen molar-refractivity contribution in [2.45, 2.75) is 39.3 Å². The third-order valence-electron chi connectivity index (χ3n) is 2.63. The van der Waals surface area contributed by atoms with E-state index in [1.807, 2.05) is 5.38 Å². The van der Waals surface area contributed by atoms with Gasteiger partial charge in [0.2, 0.25) is 5.89 Å². The van der Waals surface area contributed by atoms with E-state index in [1.165, 1.54) is 0 Å². The molecule has 6 nitrogen and oxygen atoms in total. The van der Waals surface area contributed by atoms with Crippen LogP contribution in [0, 0.1) is 0 Å². The molecule has 2 aromatic rings. The topological polar surface area (TPSA) is 75.9 Å². The Balaban J connectivity index is 1.91. The van der Waals surface area contributed by atoms with Crippen molar-refractivity contribution >= 4 is 17.4 Å². The normalized spacial score (nSPS) is 12.5. The summed E-state index contributed by atoms with van der Waals surface area (Å²) in [7, 11) is 0. The number of nitrogens with one attached hydrogen (secondary N) is 2. The van der Waals surface area contributed by atoms with Gasteiger partial charge in [0.15, 0.2) is 0 Å². The predicted octanol–water partition coefficient (Wildman–Crippen LogP) is 2.59. The quantitative estimate of drug-likeness (QED) is 0.724. The molecule has 2 heterocycles. The Bertz CT molecular complexity index is 470. The molecule has 0 aliphatic heterocycles. The van der Waals surface area contributed by atoms with E-state index >= 15 is 0 Å². The standard InChI is InChI=1S/C12H19N5OS/c1-3-5-13-8-10-16-17-12(18-10)15-9(4-2)11-14-6-7-19-11/h6-7,9,13H,3-5,8H2,1-2H3,(H,15,17). The van der Waals surface area contributed by atoms with Crippen molar-refractivity contribution in [1.82, 2.24) is 20.5 Å². The lowest BCUT2D eigenvalue weighted by Gasteiger charge is -2.11. The number of nitrogens with zero attached hydrogens (tertiary/aromatic N) is 3. The predicted molar refractivity (Wildman–Crippen MR) is 75.1 cm³/mol. The molecule has 0 radical (unpaired) electrons. The molecule has 0 amide bonds. The Morgan fingerprint density at radius 1 is 1.37 bits per heavy atom. The van der Waals surface area contributed by atoms with Crippen molar-refractivity contribution in [2.24, 2.45) is 0 Å². The highest BCUT2D eigenvalue weighted by atomic mass is 32.1. The summed E-state index contributed by atoms with van der Waals surface area (Å²) in [6.07, 6.45) is 3.80. The summed E-state index contributed by atoms with van der Waals surface area (Å²) in [6.45, 7) is 5.77. The average molecular weight is 281 g/mol. The van der Waals surface area contributed by atoms with Crippen LogP contribution in [0.2, 0.25) is 0 Å². The molecule has 0 aliphatic carbocycles. The van der Waals surface area contributed by atoms with Gasteiger partial charge in [-0.1, -0.05) is 18.9 Å². The highest BCUT2D eigenvalue weighted by molar-refractivity contribution is 7.09. The Hall–Kier alpha value is -1.47. The molecule has 0 saturated carbocycles. The summed E-state index contributed by atoms with van der Waals surface area (Å²) in [4.78, 5) is 4.30. The SMILES string of the molecule is CCCNCc1nnc(NC(CC)c2nccs2)o1. The largest absolute Gasteiger partial charge is 0.407 e. The zero-order chi connectivity index (χ0) is 13.5. The number of thiazole rings is 1. The minimum atomic E-state index is 0.122. The smallest absolute Gasteiger partial charge is 0.316 e. The minimum Gasteiger partial charge on any atom is -0.407 e. The third kappa shape index (κ3) is 4.00. The van der Waals surface area contributed by atoms with E-state index in [4.69, 9.17) is 4.42 Å². The van der Waals surface area contributed by atoms with Crippen LogP contribution in [-0.2, 0) is 6.54 Å². The second-order valence-electron chi connectivity index (χ2n) is 4.15. The van der Waals surface area contributed by atoms with Crippen molar-refractivity contribution in [2.75, 3.05) is 11.9 Å². The van der Waals surface area contributed by atoms with E-state index in [9.17, 15) is 0 Å². The van der Waals surface area contributed by atoms with Crippen LogP contribution in [0.1, 0.15) is 43.6 Å². The Kier molecular flexibility index (Phi) is 5.29. The summed E-state index contributed by atoms with van der Waals surface area (Å²) in [6, 6.07) is 0.576. The second kappa shape index (κ2) is 7.20. The highest BCUT2D eigenvalue weighted by Crippen LogP contribution is 2.23.